The highest BCUT2D eigenvalue weighted by atomic mass is 19.1. The highest BCUT2D eigenvalue weighted by molar-refractivity contribution is 5.20. The van der Waals surface area contributed by atoms with Gasteiger partial charge in [0.15, 0.2) is 0 Å². The summed E-state index contributed by atoms with van der Waals surface area (Å²) in [4.78, 5) is 0. The van der Waals surface area contributed by atoms with Gasteiger partial charge in [0.25, 0.3) is 0 Å². The first-order valence-electron chi connectivity index (χ1n) is 7.81. The molecule has 0 aliphatic heterocycles. The van der Waals surface area contributed by atoms with Crippen molar-refractivity contribution >= 4 is 0 Å². The normalized spacial score (nSPS) is 26.7. The zero-order valence-electron chi connectivity index (χ0n) is 12.5. The zero-order chi connectivity index (χ0) is 14.5. The maximum atomic E-state index is 13.8. The fourth-order valence-electron chi connectivity index (χ4n) is 3.48. The van der Waals surface area contributed by atoms with E-state index in [4.69, 9.17) is 0 Å². The van der Waals surface area contributed by atoms with Gasteiger partial charge in [-0.25, -0.2) is 8.78 Å². The molecular weight excluding hydrogens is 256 g/mol. The number of benzene rings is 1. The number of halogens is 2. The lowest BCUT2D eigenvalue weighted by Gasteiger charge is -2.36. The van der Waals surface area contributed by atoms with E-state index in [-0.39, 0.29) is 5.56 Å². The second-order valence-electron chi connectivity index (χ2n) is 5.92. The molecule has 3 atom stereocenters. The van der Waals surface area contributed by atoms with Crippen LogP contribution in [0.1, 0.15) is 45.1 Å². The van der Waals surface area contributed by atoms with Gasteiger partial charge in [-0.3, -0.25) is 0 Å². The summed E-state index contributed by atoms with van der Waals surface area (Å²) >= 11 is 0. The van der Waals surface area contributed by atoms with E-state index in [2.05, 4.69) is 19.2 Å². The van der Waals surface area contributed by atoms with Gasteiger partial charge in [-0.05, 0) is 56.2 Å². The Morgan fingerprint density at radius 2 is 1.85 bits per heavy atom. The zero-order valence-corrected chi connectivity index (χ0v) is 12.5. The van der Waals surface area contributed by atoms with Crippen molar-refractivity contribution in [3.8, 4) is 0 Å². The molecule has 20 heavy (non-hydrogen) atoms. The lowest BCUT2D eigenvalue weighted by molar-refractivity contribution is 0.197. The maximum absolute atomic E-state index is 13.8. The Balaban J connectivity index is 2.14. The van der Waals surface area contributed by atoms with Gasteiger partial charge in [-0.1, -0.05) is 26.3 Å². The molecule has 1 saturated carbocycles. The molecule has 1 aromatic rings. The summed E-state index contributed by atoms with van der Waals surface area (Å²) in [5.41, 5.74) is 0.261. The quantitative estimate of drug-likeness (QED) is 0.848. The predicted molar refractivity (Wildman–Crippen MR) is 78.6 cm³/mol. The van der Waals surface area contributed by atoms with E-state index in [1.165, 1.54) is 24.6 Å². The van der Waals surface area contributed by atoms with Gasteiger partial charge in [0.1, 0.15) is 11.6 Å². The van der Waals surface area contributed by atoms with Crippen molar-refractivity contribution in [2.45, 2.75) is 52.0 Å². The van der Waals surface area contributed by atoms with Crippen LogP contribution >= 0.6 is 0 Å². The van der Waals surface area contributed by atoms with Gasteiger partial charge >= 0.3 is 0 Å². The second-order valence-corrected chi connectivity index (χ2v) is 5.92. The van der Waals surface area contributed by atoms with Crippen LogP contribution in [0.25, 0.3) is 0 Å². The van der Waals surface area contributed by atoms with E-state index in [1.807, 2.05) is 0 Å². The molecule has 0 spiro atoms. The second kappa shape index (κ2) is 7.16. The van der Waals surface area contributed by atoms with Gasteiger partial charge in [-0.15, -0.1) is 0 Å². The smallest absolute Gasteiger partial charge is 0.129 e. The molecule has 112 valence electrons. The molecule has 3 unspecified atom stereocenters. The molecule has 0 amide bonds. The topological polar surface area (TPSA) is 12.0 Å². The van der Waals surface area contributed by atoms with E-state index in [0.29, 0.717) is 24.3 Å². The Hall–Kier alpha value is -0.960. The van der Waals surface area contributed by atoms with Crippen LogP contribution in [0.15, 0.2) is 18.2 Å². The molecule has 0 radical (unpaired) electrons. The highest BCUT2D eigenvalue weighted by Crippen LogP contribution is 2.34. The van der Waals surface area contributed by atoms with Crippen molar-refractivity contribution in [2.75, 3.05) is 6.54 Å². The SMILES string of the molecule is CCNC1CCC(CC)CC1Cc1c(F)cccc1F. The van der Waals surface area contributed by atoms with Crippen molar-refractivity contribution in [1.29, 1.82) is 0 Å². The first-order chi connectivity index (χ1) is 9.65. The fourth-order valence-corrected chi connectivity index (χ4v) is 3.48. The maximum Gasteiger partial charge on any atom is 0.129 e. The molecule has 1 N–H and O–H groups in total. The molecule has 1 fully saturated rings. The number of hydrogen-bond acceptors (Lipinski definition) is 1. The molecular formula is C17H25F2N. The Labute approximate surface area is 120 Å². The van der Waals surface area contributed by atoms with E-state index in [0.717, 1.165) is 25.8 Å². The van der Waals surface area contributed by atoms with E-state index < -0.39 is 11.6 Å². The number of rotatable bonds is 5. The minimum Gasteiger partial charge on any atom is -0.314 e. The van der Waals surface area contributed by atoms with E-state index >= 15 is 0 Å². The molecule has 3 heteroatoms. The van der Waals surface area contributed by atoms with Crippen LogP contribution in [-0.2, 0) is 6.42 Å². The molecule has 1 aromatic carbocycles. The molecule has 1 nitrogen and oxygen atoms in total. The molecule has 0 bridgehead atoms. The summed E-state index contributed by atoms with van der Waals surface area (Å²) in [6.45, 7) is 5.21. The monoisotopic (exact) mass is 281 g/mol. The summed E-state index contributed by atoms with van der Waals surface area (Å²) in [5.74, 6) is 0.225. The Morgan fingerprint density at radius 1 is 1.15 bits per heavy atom. The lowest BCUT2D eigenvalue weighted by atomic mass is 9.74. The largest absolute Gasteiger partial charge is 0.314 e. The Kier molecular flexibility index (Phi) is 5.53. The summed E-state index contributed by atoms with van der Waals surface area (Å²) in [6, 6.07) is 4.55. The van der Waals surface area contributed by atoms with Crippen molar-refractivity contribution in [3.05, 3.63) is 35.4 Å². The van der Waals surface area contributed by atoms with Crippen LogP contribution < -0.4 is 5.32 Å². The van der Waals surface area contributed by atoms with Crippen LogP contribution in [0.3, 0.4) is 0 Å². The summed E-state index contributed by atoms with van der Waals surface area (Å²) in [6.07, 6.45) is 5.08. The fraction of sp³-hybridized carbons (Fsp3) is 0.647. The van der Waals surface area contributed by atoms with Gasteiger partial charge in [0.05, 0.1) is 0 Å². The minimum absolute atomic E-state index is 0.261. The molecule has 1 aliphatic rings. The third-order valence-electron chi connectivity index (χ3n) is 4.66. The third kappa shape index (κ3) is 3.57. The Morgan fingerprint density at radius 3 is 2.45 bits per heavy atom. The van der Waals surface area contributed by atoms with Crippen LogP contribution in [0.2, 0.25) is 0 Å². The van der Waals surface area contributed by atoms with Gasteiger partial charge < -0.3 is 5.32 Å². The lowest BCUT2D eigenvalue weighted by Crippen LogP contribution is -2.41. The van der Waals surface area contributed by atoms with E-state index in [1.54, 1.807) is 0 Å². The first-order valence-corrected chi connectivity index (χ1v) is 7.81. The van der Waals surface area contributed by atoms with Crippen molar-refractivity contribution < 1.29 is 8.78 Å². The number of hydrogen-bond donors (Lipinski definition) is 1. The molecule has 2 rings (SSSR count). The molecule has 0 aromatic heterocycles. The summed E-state index contributed by atoms with van der Waals surface area (Å²) < 4.78 is 27.7. The van der Waals surface area contributed by atoms with Gasteiger partial charge in [0, 0.05) is 11.6 Å². The van der Waals surface area contributed by atoms with Crippen LogP contribution in [-0.4, -0.2) is 12.6 Å². The van der Waals surface area contributed by atoms with Crippen molar-refractivity contribution in [2.24, 2.45) is 11.8 Å². The summed E-state index contributed by atoms with van der Waals surface area (Å²) in [5, 5.41) is 3.49. The number of nitrogens with one attached hydrogen (secondary N) is 1. The van der Waals surface area contributed by atoms with Crippen molar-refractivity contribution in [1.82, 2.24) is 5.32 Å². The first kappa shape index (κ1) is 15.4. The predicted octanol–water partition coefficient (Wildman–Crippen LogP) is 4.31. The average molecular weight is 281 g/mol. The standard InChI is InChI=1S/C17H25F2N/c1-3-12-8-9-17(20-4-2)13(10-12)11-14-15(18)6-5-7-16(14)19/h5-7,12-13,17,20H,3-4,8-11H2,1-2H3. The van der Waals surface area contributed by atoms with Crippen LogP contribution in [0.4, 0.5) is 8.78 Å². The van der Waals surface area contributed by atoms with Crippen LogP contribution in [0, 0.1) is 23.5 Å². The van der Waals surface area contributed by atoms with Gasteiger partial charge in [0.2, 0.25) is 0 Å². The van der Waals surface area contributed by atoms with Crippen molar-refractivity contribution in [3.63, 3.8) is 0 Å². The molecule has 0 heterocycles. The van der Waals surface area contributed by atoms with Gasteiger partial charge in [-0.2, -0.15) is 0 Å². The third-order valence-corrected chi connectivity index (χ3v) is 4.66. The minimum atomic E-state index is -0.404. The van der Waals surface area contributed by atoms with E-state index in [9.17, 15) is 8.78 Å². The average Bonchev–Trinajstić information content (AvgIpc) is 2.45. The van der Waals surface area contributed by atoms with Crippen LogP contribution in [0.5, 0.6) is 0 Å². The summed E-state index contributed by atoms with van der Waals surface area (Å²) in [7, 11) is 0. The molecule has 1 aliphatic carbocycles. The molecule has 0 saturated heterocycles. The Bertz CT molecular complexity index is 413. The highest BCUT2D eigenvalue weighted by Gasteiger charge is 2.30.